The third-order valence-corrected chi connectivity index (χ3v) is 3.69. The summed E-state index contributed by atoms with van der Waals surface area (Å²) in [6.45, 7) is 4.58. The second-order valence-corrected chi connectivity index (χ2v) is 5.56. The third kappa shape index (κ3) is 4.04. The molecule has 1 aromatic rings. The average Bonchev–Trinajstić information content (AvgIpc) is 2.58. The van der Waals surface area contributed by atoms with Gasteiger partial charge >= 0.3 is 0 Å². The minimum Gasteiger partial charge on any atom is -0.315 e. The van der Waals surface area contributed by atoms with Crippen LogP contribution < -0.4 is 5.32 Å². The zero-order valence-corrected chi connectivity index (χ0v) is 11.9. The highest BCUT2D eigenvalue weighted by Crippen LogP contribution is 2.08. The van der Waals surface area contributed by atoms with Gasteiger partial charge in [-0.3, -0.25) is 9.69 Å². The van der Waals surface area contributed by atoms with Gasteiger partial charge in [-0.2, -0.15) is 0 Å². The molecule has 0 aromatic heterocycles. The molecule has 1 fully saturated rings. The lowest BCUT2D eigenvalue weighted by atomic mass is 10.1. The number of carbonyl (C=O) groups is 1. The molecule has 3 nitrogen and oxygen atoms in total. The van der Waals surface area contributed by atoms with Gasteiger partial charge in [-0.25, -0.2) is 0 Å². The zero-order valence-electron chi connectivity index (χ0n) is 9.79. The molecular weight excluding hydrogens is 327 g/mol. The van der Waals surface area contributed by atoms with Crippen molar-refractivity contribution in [3.05, 3.63) is 33.4 Å². The average molecular weight is 344 g/mol. The van der Waals surface area contributed by atoms with Gasteiger partial charge in [-0.05, 0) is 54.2 Å². The number of nitrogens with zero attached hydrogens (tertiary/aromatic N) is 1. The van der Waals surface area contributed by atoms with E-state index in [-0.39, 0.29) is 5.78 Å². The molecule has 1 aromatic carbocycles. The number of hydrogen-bond acceptors (Lipinski definition) is 3. The lowest BCUT2D eigenvalue weighted by Gasteiger charge is -2.18. The third-order valence-electron chi connectivity index (χ3n) is 2.97. The van der Waals surface area contributed by atoms with Crippen LogP contribution in [0.25, 0.3) is 0 Å². The predicted octanol–water partition coefficient (Wildman–Crippen LogP) is 1.77. The van der Waals surface area contributed by atoms with E-state index in [0.717, 1.165) is 41.7 Å². The van der Waals surface area contributed by atoms with E-state index in [1.54, 1.807) is 0 Å². The van der Waals surface area contributed by atoms with Crippen LogP contribution in [0.2, 0.25) is 0 Å². The molecule has 92 valence electrons. The lowest BCUT2D eigenvalue weighted by Crippen LogP contribution is -2.33. The summed E-state index contributed by atoms with van der Waals surface area (Å²) in [4.78, 5) is 14.3. The molecule has 0 aliphatic carbocycles. The van der Waals surface area contributed by atoms with Crippen LogP contribution in [-0.4, -0.2) is 43.4 Å². The van der Waals surface area contributed by atoms with Gasteiger partial charge in [0.25, 0.3) is 0 Å². The number of benzene rings is 1. The molecule has 0 atom stereocenters. The van der Waals surface area contributed by atoms with Crippen LogP contribution in [0.1, 0.15) is 16.8 Å². The van der Waals surface area contributed by atoms with E-state index in [1.807, 2.05) is 24.3 Å². The molecule has 1 aliphatic rings. The van der Waals surface area contributed by atoms with Gasteiger partial charge in [0.2, 0.25) is 0 Å². The SMILES string of the molecule is O=C(CN1CCCNCC1)c1ccc(I)cc1. The van der Waals surface area contributed by atoms with Crippen molar-refractivity contribution in [3.8, 4) is 0 Å². The minimum absolute atomic E-state index is 0.225. The molecule has 0 unspecified atom stereocenters. The van der Waals surface area contributed by atoms with Crippen molar-refractivity contribution in [1.82, 2.24) is 10.2 Å². The summed E-state index contributed by atoms with van der Waals surface area (Å²) >= 11 is 2.25. The van der Waals surface area contributed by atoms with Crippen LogP contribution in [0.3, 0.4) is 0 Å². The van der Waals surface area contributed by atoms with Gasteiger partial charge in [-0.1, -0.05) is 12.1 Å². The van der Waals surface area contributed by atoms with E-state index in [1.165, 1.54) is 0 Å². The first-order valence-corrected chi connectivity index (χ1v) is 7.05. The Hall–Kier alpha value is -0.460. The van der Waals surface area contributed by atoms with Crippen LogP contribution in [0.5, 0.6) is 0 Å². The number of hydrogen-bond donors (Lipinski definition) is 1. The van der Waals surface area contributed by atoms with Gasteiger partial charge in [-0.15, -0.1) is 0 Å². The number of carbonyl (C=O) groups excluding carboxylic acids is 1. The fourth-order valence-corrected chi connectivity index (χ4v) is 2.35. The highest BCUT2D eigenvalue weighted by atomic mass is 127. The first-order valence-electron chi connectivity index (χ1n) is 5.97. The molecule has 1 N–H and O–H groups in total. The zero-order chi connectivity index (χ0) is 12.1. The molecule has 1 aliphatic heterocycles. The highest BCUT2D eigenvalue weighted by molar-refractivity contribution is 14.1. The van der Waals surface area contributed by atoms with Gasteiger partial charge in [0.1, 0.15) is 0 Å². The summed E-state index contributed by atoms with van der Waals surface area (Å²) in [5, 5.41) is 3.34. The maximum Gasteiger partial charge on any atom is 0.176 e. The Labute approximate surface area is 116 Å². The summed E-state index contributed by atoms with van der Waals surface area (Å²) < 4.78 is 1.16. The summed E-state index contributed by atoms with van der Waals surface area (Å²) in [5.41, 5.74) is 0.822. The fourth-order valence-electron chi connectivity index (χ4n) is 1.99. The van der Waals surface area contributed by atoms with E-state index < -0.39 is 0 Å². The quantitative estimate of drug-likeness (QED) is 0.670. The Bertz CT molecular complexity index is 370. The lowest BCUT2D eigenvalue weighted by molar-refractivity contribution is 0.0935. The fraction of sp³-hybridized carbons (Fsp3) is 0.462. The Morgan fingerprint density at radius 3 is 2.76 bits per heavy atom. The largest absolute Gasteiger partial charge is 0.315 e. The first-order chi connectivity index (χ1) is 8.25. The van der Waals surface area contributed by atoms with Crippen molar-refractivity contribution in [3.63, 3.8) is 0 Å². The van der Waals surface area contributed by atoms with Gasteiger partial charge in [0, 0.05) is 22.2 Å². The van der Waals surface area contributed by atoms with Crippen LogP contribution in [-0.2, 0) is 0 Å². The Morgan fingerprint density at radius 2 is 2.00 bits per heavy atom. The molecule has 0 spiro atoms. The normalized spacial score (nSPS) is 17.7. The maximum absolute atomic E-state index is 12.1. The molecule has 0 saturated carbocycles. The maximum atomic E-state index is 12.1. The number of ketones is 1. The Kier molecular flexibility index (Phi) is 4.94. The molecule has 4 heteroatoms. The van der Waals surface area contributed by atoms with E-state index in [4.69, 9.17) is 0 Å². The van der Waals surface area contributed by atoms with Crippen LogP contribution >= 0.6 is 22.6 Å². The van der Waals surface area contributed by atoms with Crippen molar-refractivity contribution in [2.24, 2.45) is 0 Å². The topological polar surface area (TPSA) is 32.3 Å². The van der Waals surface area contributed by atoms with E-state index in [2.05, 4.69) is 32.8 Å². The summed E-state index contributed by atoms with van der Waals surface area (Å²) in [5.74, 6) is 0.225. The Morgan fingerprint density at radius 1 is 1.24 bits per heavy atom. The molecule has 1 saturated heterocycles. The number of nitrogens with one attached hydrogen (secondary N) is 1. The van der Waals surface area contributed by atoms with Gasteiger partial charge < -0.3 is 5.32 Å². The number of Topliss-reactive ketones (excluding diaryl/α,β-unsaturated/α-hetero) is 1. The van der Waals surface area contributed by atoms with E-state index in [0.29, 0.717) is 6.54 Å². The Balaban J connectivity index is 1.93. The van der Waals surface area contributed by atoms with Crippen LogP contribution in [0.15, 0.2) is 24.3 Å². The number of halogens is 1. The molecular formula is C13H17IN2O. The molecule has 17 heavy (non-hydrogen) atoms. The monoisotopic (exact) mass is 344 g/mol. The molecule has 2 rings (SSSR count). The van der Waals surface area contributed by atoms with Crippen molar-refractivity contribution < 1.29 is 4.79 Å². The summed E-state index contributed by atoms with van der Waals surface area (Å²) in [7, 11) is 0. The molecule has 0 radical (unpaired) electrons. The molecule has 0 bridgehead atoms. The second kappa shape index (κ2) is 6.47. The van der Waals surface area contributed by atoms with Crippen LogP contribution in [0.4, 0.5) is 0 Å². The van der Waals surface area contributed by atoms with Gasteiger partial charge in [0.05, 0.1) is 6.54 Å². The van der Waals surface area contributed by atoms with E-state index >= 15 is 0 Å². The van der Waals surface area contributed by atoms with E-state index in [9.17, 15) is 4.79 Å². The molecule has 0 amide bonds. The number of rotatable bonds is 3. The van der Waals surface area contributed by atoms with Crippen LogP contribution in [0, 0.1) is 3.57 Å². The first kappa shape index (κ1) is 13.0. The molecule has 1 heterocycles. The van der Waals surface area contributed by atoms with Gasteiger partial charge in [0.15, 0.2) is 5.78 Å². The predicted molar refractivity (Wildman–Crippen MR) is 77.4 cm³/mol. The summed E-state index contributed by atoms with van der Waals surface area (Å²) in [6.07, 6.45) is 1.12. The smallest absolute Gasteiger partial charge is 0.176 e. The van der Waals surface area contributed by atoms with Crippen molar-refractivity contribution >= 4 is 28.4 Å². The standard InChI is InChI=1S/C13H17IN2O/c14-12-4-2-11(3-5-12)13(17)10-16-8-1-6-15-7-9-16/h2-5,15H,1,6-10H2. The minimum atomic E-state index is 0.225. The van der Waals surface area contributed by atoms with Crippen molar-refractivity contribution in [2.45, 2.75) is 6.42 Å². The highest BCUT2D eigenvalue weighted by Gasteiger charge is 2.13. The second-order valence-electron chi connectivity index (χ2n) is 4.31. The van der Waals surface area contributed by atoms with Crippen molar-refractivity contribution in [2.75, 3.05) is 32.7 Å². The summed E-state index contributed by atoms with van der Waals surface area (Å²) in [6, 6.07) is 7.80. The van der Waals surface area contributed by atoms with Crippen molar-refractivity contribution in [1.29, 1.82) is 0 Å².